The fourth-order valence-corrected chi connectivity index (χ4v) is 2.19. The molecule has 0 fully saturated rings. The molecule has 0 radical (unpaired) electrons. The van der Waals surface area contributed by atoms with Crippen molar-refractivity contribution in [3.8, 4) is 11.4 Å². The molecule has 2 rings (SSSR count). The van der Waals surface area contributed by atoms with Gasteiger partial charge in [-0.05, 0) is 41.5 Å². The first-order valence-corrected chi connectivity index (χ1v) is 6.47. The number of aryl methyl sites for hydroxylation is 2. The highest BCUT2D eigenvalue weighted by atomic mass is 127. The van der Waals surface area contributed by atoms with Crippen LogP contribution in [0.3, 0.4) is 0 Å². The maximum atomic E-state index is 4.50. The Morgan fingerprint density at radius 2 is 2.19 bits per heavy atom. The number of nitrogens with one attached hydrogen (secondary N) is 1. The highest BCUT2D eigenvalue weighted by molar-refractivity contribution is 14.1. The molecule has 0 spiro atoms. The molecule has 84 valence electrons. The first kappa shape index (κ1) is 11.6. The van der Waals surface area contributed by atoms with Gasteiger partial charge >= 0.3 is 0 Å². The summed E-state index contributed by atoms with van der Waals surface area (Å²) in [4.78, 5) is 4.50. The van der Waals surface area contributed by atoms with E-state index in [-0.39, 0.29) is 0 Å². The molecule has 1 heterocycles. The van der Waals surface area contributed by atoms with E-state index in [0.29, 0.717) is 0 Å². The first-order valence-electron chi connectivity index (χ1n) is 5.39. The summed E-state index contributed by atoms with van der Waals surface area (Å²) in [5.41, 5.74) is 2.37. The van der Waals surface area contributed by atoms with Gasteiger partial charge in [0.05, 0.1) is 0 Å². The van der Waals surface area contributed by atoms with E-state index in [1.807, 2.05) is 6.07 Å². The molecule has 0 bridgehead atoms. The normalized spacial score (nSPS) is 10.7. The second-order valence-corrected chi connectivity index (χ2v) is 4.87. The van der Waals surface area contributed by atoms with E-state index in [1.165, 1.54) is 9.13 Å². The third-order valence-corrected chi connectivity index (χ3v) is 3.88. The van der Waals surface area contributed by atoms with E-state index in [4.69, 9.17) is 0 Å². The summed E-state index contributed by atoms with van der Waals surface area (Å²) >= 11 is 2.35. The summed E-state index contributed by atoms with van der Waals surface area (Å²) in [6.45, 7) is 4.24. The van der Waals surface area contributed by atoms with Crippen molar-refractivity contribution in [3.63, 3.8) is 0 Å². The van der Waals surface area contributed by atoms with Crippen LogP contribution in [0.5, 0.6) is 0 Å². The van der Waals surface area contributed by atoms with Crippen LogP contribution in [0.1, 0.15) is 24.7 Å². The third-order valence-electron chi connectivity index (χ3n) is 2.45. The van der Waals surface area contributed by atoms with Crippen molar-refractivity contribution in [2.75, 3.05) is 0 Å². The third kappa shape index (κ3) is 2.26. The number of benzene rings is 1. The Labute approximate surface area is 109 Å². The van der Waals surface area contributed by atoms with Crippen LogP contribution in [-0.2, 0) is 6.42 Å². The van der Waals surface area contributed by atoms with Gasteiger partial charge in [-0.3, -0.25) is 5.10 Å². The zero-order valence-corrected chi connectivity index (χ0v) is 11.6. The zero-order valence-electron chi connectivity index (χ0n) is 9.42. The van der Waals surface area contributed by atoms with Crippen LogP contribution in [0, 0.1) is 10.5 Å². The van der Waals surface area contributed by atoms with Crippen molar-refractivity contribution in [2.24, 2.45) is 0 Å². The molecule has 2 aromatic rings. The molecule has 0 saturated carbocycles. The molecule has 1 N–H and O–H groups in total. The van der Waals surface area contributed by atoms with Crippen LogP contribution in [0.2, 0.25) is 0 Å². The minimum absolute atomic E-state index is 0.802. The Hall–Kier alpha value is -0.910. The largest absolute Gasteiger partial charge is 0.263 e. The van der Waals surface area contributed by atoms with Crippen LogP contribution in [0.4, 0.5) is 0 Å². The molecular weight excluding hydrogens is 313 g/mol. The Kier molecular flexibility index (Phi) is 3.58. The lowest BCUT2D eigenvalue weighted by molar-refractivity contribution is 0.841. The SMILES string of the molecule is CCCc1nc(-c2cccc(C)c2I)n[nH]1. The molecule has 0 saturated heterocycles. The van der Waals surface area contributed by atoms with Crippen molar-refractivity contribution in [1.82, 2.24) is 15.2 Å². The number of aromatic amines is 1. The minimum Gasteiger partial charge on any atom is -0.263 e. The van der Waals surface area contributed by atoms with Crippen LogP contribution < -0.4 is 0 Å². The number of aromatic nitrogens is 3. The Balaban J connectivity index is 2.39. The predicted octanol–water partition coefficient (Wildman–Crippen LogP) is 3.34. The van der Waals surface area contributed by atoms with Crippen LogP contribution in [0.15, 0.2) is 18.2 Å². The lowest BCUT2D eigenvalue weighted by atomic mass is 10.1. The number of hydrogen-bond acceptors (Lipinski definition) is 2. The van der Waals surface area contributed by atoms with Crippen LogP contribution in [0.25, 0.3) is 11.4 Å². The quantitative estimate of drug-likeness (QED) is 0.879. The molecular formula is C12H14IN3. The summed E-state index contributed by atoms with van der Waals surface area (Å²) in [7, 11) is 0. The predicted molar refractivity (Wildman–Crippen MR) is 73.3 cm³/mol. The number of hydrogen-bond donors (Lipinski definition) is 1. The minimum atomic E-state index is 0.802. The molecule has 3 nitrogen and oxygen atoms in total. The maximum absolute atomic E-state index is 4.50. The zero-order chi connectivity index (χ0) is 11.5. The summed E-state index contributed by atoms with van der Waals surface area (Å²) in [6, 6.07) is 6.21. The monoisotopic (exact) mass is 327 g/mol. The molecule has 0 aliphatic rings. The molecule has 0 aliphatic carbocycles. The molecule has 0 atom stereocenters. The van der Waals surface area contributed by atoms with Gasteiger partial charge in [-0.25, -0.2) is 4.98 Å². The van der Waals surface area contributed by atoms with Gasteiger partial charge < -0.3 is 0 Å². The summed E-state index contributed by atoms with van der Waals surface area (Å²) in [6.07, 6.45) is 2.04. The topological polar surface area (TPSA) is 41.6 Å². The molecule has 0 unspecified atom stereocenters. The van der Waals surface area contributed by atoms with Crippen molar-refractivity contribution >= 4 is 22.6 Å². The second kappa shape index (κ2) is 4.95. The molecule has 0 amide bonds. The second-order valence-electron chi connectivity index (χ2n) is 3.79. The van der Waals surface area contributed by atoms with Gasteiger partial charge in [0, 0.05) is 15.6 Å². The molecule has 1 aromatic carbocycles. The van der Waals surface area contributed by atoms with Gasteiger partial charge in [0.15, 0.2) is 5.82 Å². The fourth-order valence-electron chi connectivity index (χ4n) is 1.58. The van der Waals surface area contributed by atoms with Gasteiger partial charge in [0.25, 0.3) is 0 Å². The average Bonchev–Trinajstić information content (AvgIpc) is 2.71. The van der Waals surface area contributed by atoms with E-state index in [2.05, 4.69) is 63.8 Å². The first-order chi connectivity index (χ1) is 7.72. The van der Waals surface area contributed by atoms with Crippen LogP contribution in [-0.4, -0.2) is 15.2 Å². The molecule has 16 heavy (non-hydrogen) atoms. The Morgan fingerprint density at radius 3 is 2.94 bits per heavy atom. The van der Waals surface area contributed by atoms with Crippen molar-refractivity contribution in [1.29, 1.82) is 0 Å². The average molecular weight is 327 g/mol. The van der Waals surface area contributed by atoms with Gasteiger partial charge in [0.2, 0.25) is 0 Å². The number of H-pyrrole nitrogens is 1. The Morgan fingerprint density at radius 1 is 1.38 bits per heavy atom. The van der Waals surface area contributed by atoms with Crippen molar-refractivity contribution < 1.29 is 0 Å². The van der Waals surface area contributed by atoms with E-state index in [0.717, 1.165) is 30.1 Å². The van der Waals surface area contributed by atoms with Gasteiger partial charge in [0.1, 0.15) is 5.82 Å². The lowest BCUT2D eigenvalue weighted by Crippen LogP contribution is -1.89. The number of nitrogens with zero attached hydrogens (tertiary/aromatic N) is 2. The van der Waals surface area contributed by atoms with E-state index < -0.39 is 0 Å². The fraction of sp³-hybridized carbons (Fsp3) is 0.333. The van der Waals surface area contributed by atoms with E-state index in [1.54, 1.807) is 0 Å². The maximum Gasteiger partial charge on any atom is 0.182 e. The molecule has 4 heteroatoms. The smallest absolute Gasteiger partial charge is 0.182 e. The summed E-state index contributed by atoms with van der Waals surface area (Å²) in [5.74, 6) is 1.77. The number of halogens is 1. The highest BCUT2D eigenvalue weighted by Crippen LogP contribution is 2.24. The standard InChI is InChI=1S/C12H14IN3/c1-3-5-10-14-12(16-15-10)9-7-4-6-8(2)11(9)13/h4,6-7H,3,5H2,1-2H3,(H,14,15,16). The van der Waals surface area contributed by atoms with Gasteiger partial charge in [-0.1, -0.05) is 25.1 Å². The summed E-state index contributed by atoms with van der Waals surface area (Å²) < 4.78 is 1.22. The lowest BCUT2D eigenvalue weighted by Gasteiger charge is -2.02. The molecule has 0 aliphatic heterocycles. The van der Waals surface area contributed by atoms with Gasteiger partial charge in [-0.15, -0.1) is 0 Å². The Bertz CT molecular complexity index is 491. The van der Waals surface area contributed by atoms with Crippen LogP contribution >= 0.6 is 22.6 Å². The van der Waals surface area contributed by atoms with Crippen molar-refractivity contribution in [3.05, 3.63) is 33.2 Å². The van der Waals surface area contributed by atoms with Gasteiger partial charge in [-0.2, -0.15) is 5.10 Å². The van der Waals surface area contributed by atoms with Crippen molar-refractivity contribution in [2.45, 2.75) is 26.7 Å². The number of rotatable bonds is 3. The van der Waals surface area contributed by atoms with E-state index >= 15 is 0 Å². The highest BCUT2D eigenvalue weighted by Gasteiger charge is 2.09. The van der Waals surface area contributed by atoms with E-state index in [9.17, 15) is 0 Å². The molecule has 1 aromatic heterocycles. The summed E-state index contributed by atoms with van der Waals surface area (Å²) in [5, 5.41) is 7.25.